The molecule has 5 nitrogen and oxygen atoms in total. The molecular formula is C15H13N3O2S. The van der Waals surface area contributed by atoms with Gasteiger partial charge in [-0.05, 0) is 17.5 Å². The number of nitrogens with one attached hydrogen (secondary N) is 1. The largest absolute Gasteiger partial charge is 0.469 e. The molecule has 0 saturated heterocycles. The molecule has 0 aliphatic heterocycles. The van der Waals surface area contributed by atoms with E-state index in [1.54, 1.807) is 6.20 Å². The van der Waals surface area contributed by atoms with Crippen LogP contribution in [0.5, 0.6) is 0 Å². The Balaban J connectivity index is 1.84. The maximum Gasteiger partial charge on any atom is 0.311 e. The van der Waals surface area contributed by atoms with Gasteiger partial charge in [0.1, 0.15) is 0 Å². The molecule has 0 aliphatic carbocycles. The van der Waals surface area contributed by atoms with E-state index in [-0.39, 0.29) is 12.4 Å². The Labute approximate surface area is 125 Å². The van der Waals surface area contributed by atoms with Gasteiger partial charge in [0.2, 0.25) is 0 Å². The zero-order valence-electron chi connectivity index (χ0n) is 11.4. The van der Waals surface area contributed by atoms with Crippen molar-refractivity contribution in [2.75, 3.05) is 12.4 Å². The number of ether oxygens (including phenoxy) is 1. The number of fused-ring (bicyclic) bond motifs is 1. The molecule has 0 saturated carbocycles. The molecular weight excluding hydrogens is 286 g/mol. The highest BCUT2D eigenvalue weighted by Gasteiger charge is 2.08. The van der Waals surface area contributed by atoms with Crippen molar-refractivity contribution < 1.29 is 9.53 Å². The van der Waals surface area contributed by atoms with Gasteiger partial charge in [-0.2, -0.15) is 0 Å². The van der Waals surface area contributed by atoms with Crippen LogP contribution in [-0.2, 0) is 16.0 Å². The predicted octanol–water partition coefficient (Wildman–Crippen LogP) is 3.15. The van der Waals surface area contributed by atoms with E-state index in [2.05, 4.69) is 20.0 Å². The molecule has 0 amide bonds. The third-order valence-electron chi connectivity index (χ3n) is 3.03. The van der Waals surface area contributed by atoms with E-state index in [0.717, 1.165) is 21.6 Å². The number of esters is 1. The van der Waals surface area contributed by atoms with E-state index >= 15 is 0 Å². The summed E-state index contributed by atoms with van der Waals surface area (Å²) < 4.78 is 4.64. The van der Waals surface area contributed by atoms with Gasteiger partial charge in [-0.1, -0.05) is 12.1 Å². The number of carbonyl (C=O) groups is 1. The summed E-state index contributed by atoms with van der Waals surface area (Å²) in [6.45, 7) is 0. The minimum absolute atomic E-state index is 0.186. The van der Waals surface area contributed by atoms with Gasteiger partial charge in [0, 0.05) is 28.8 Å². The zero-order chi connectivity index (χ0) is 14.7. The first kappa shape index (κ1) is 13.5. The quantitative estimate of drug-likeness (QED) is 0.750. The number of nitrogens with zero attached hydrogens (tertiary/aromatic N) is 2. The molecule has 1 aromatic carbocycles. The van der Waals surface area contributed by atoms with Gasteiger partial charge < -0.3 is 10.1 Å². The van der Waals surface area contributed by atoms with Crippen molar-refractivity contribution in [3.05, 3.63) is 47.7 Å². The van der Waals surface area contributed by atoms with Crippen LogP contribution in [0, 0.1) is 0 Å². The number of thiazole rings is 1. The number of benzene rings is 1. The molecule has 106 valence electrons. The summed E-state index contributed by atoms with van der Waals surface area (Å²) in [7, 11) is 1.37. The number of aromatic nitrogens is 2. The number of methoxy groups -OCH3 is 1. The molecule has 2 aromatic heterocycles. The van der Waals surface area contributed by atoms with Crippen LogP contribution in [0.3, 0.4) is 0 Å². The minimum atomic E-state index is -0.291. The van der Waals surface area contributed by atoms with Crippen molar-refractivity contribution in [3.8, 4) is 0 Å². The van der Waals surface area contributed by atoms with Gasteiger partial charge in [0.15, 0.2) is 5.13 Å². The smallest absolute Gasteiger partial charge is 0.311 e. The van der Waals surface area contributed by atoms with Crippen molar-refractivity contribution in [1.82, 2.24) is 9.97 Å². The lowest BCUT2D eigenvalue weighted by molar-refractivity contribution is -0.139. The zero-order valence-corrected chi connectivity index (χ0v) is 12.2. The second-order valence-corrected chi connectivity index (χ2v) is 5.28. The van der Waals surface area contributed by atoms with Crippen molar-refractivity contribution >= 4 is 38.9 Å². The fraction of sp³-hybridized carbons (Fsp3) is 0.133. The lowest BCUT2D eigenvalue weighted by atomic mass is 10.1. The highest BCUT2D eigenvalue weighted by molar-refractivity contribution is 7.13. The molecule has 3 rings (SSSR count). The van der Waals surface area contributed by atoms with Crippen LogP contribution in [-0.4, -0.2) is 23.0 Å². The molecule has 0 spiro atoms. The lowest BCUT2D eigenvalue weighted by Crippen LogP contribution is -2.04. The van der Waals surface area contributed by atoms with Gasteiger partial charge in [-0.15, -0.1) is 11.3 Å². The molecule has 2 heterocycles. The second-order valence-electron chi connectivity index (χ2n) is 4.42. The number of carbonyl (C=O) groups excluding carboxylic acids is 1. The molecule has 0 unspecified atom stereocenters. The van der Waals surface area contributed by atoms with E-state index in [4.69, 9.17) is 0 Å². The summed E-state index contributed by atoms with van der Waals surface area (Å²) >= 11 is 1.46. The Morgan fingerprint density at radius 1 is 1.38 bits per heavy atom. The first-order chi connectivity index (χ1) is 10.3. The number of hydrogen-bond acceptors (Lipinski definition) is 6. The first-order valence-corrected chi connectivity index (χ1v) is 7.25. The van der Waals surface area contributed by atoms with Gasteiger partial charge in [0.05, 0.1) is 19.2 Å². The number of hydrogen-bond donors (Lipinski definition) is 1. The lowest BCUT2D eigenvalue weighted by Gasteiger charge is -2.06. The van der Waals surface area contributed by atoms with E-state index in [0.29, 0.717) is 5.69 Å². The van der Waals surface area contributed by atoms with Crippen LogP contribution in [0.1, 0.15) is 5.69 Å². The van der Waals surface area contributed by atoms with Crippen molar-refractivity contribution in [2.45, 2.75) is 6.42 Å². The minimum Gasteiger partial charge on any atom is -0.469 e. The normalized spacial score (nSPS) is 10.5. The SMILES string of the molecule is COC(=O)Cc1csc(Nc2cccc3ccncc23)n1. The van der Waals surface area contributed by atoms with Crippen LogP contribution in [0.4, 0.5) is 10.8 Å². The molecule has 6 heteroatoms. The summed E-state index contributed by atoms with van der Waals surface area (Å²) in [5.74, 6) is -0.291. The molecule has 3 aromatic rings. The van der Waals surface area contributed by atoms with Gasteiger partial charge in [-0.25, -0.2) is 4.98 Å². The Hall–Kier alpha value is -2.47. The first-order valence-electron chi connectivity index (χ1n) is 6.37. The summed E-state index contributed by atoms with van der Waals surface area (Å²) in [6.07, 6.45) is 3.77. The van der Waals surface area contributed by atoms with Crippen molar-refractivity contribution in [1.29, 1.82) is 0 Å². The Morgan fingerprint density at radius 3 is 3.14 bits per heavy atom. The van der Waals surface area contributed by atoms with Crippen LogP contribution < -0.4 is 5.32 Å². The van der Waals surface area contributed by atoms with Crippen molar-refractivity contribution in [2.24, 2.45) is 0 Å². The fourth-order valence-electron chi connectivity index (χ4n) is 2.00. The topological polar surface area (TPSA) is 64.1 Å². The average molecular weight is 299 g/mol. The Bertz CT molecular complexity index is 780. The third-order valence-corrected chi connectivity index (χ3v) is 3.84. The Morgan fingerprint density at radius 2 is 2.29 bits per heavy atom. The third kappa shape index (κ3) is 3.00. The van der Waals surface area contributed by atoms with Gasteiger partial charge in [0.25, 0.3) is 0 Å². The molecule has 21 heavy (non-hydrogen) atoms. The molecule has 0 bridgehead atoms. The molecule has 1 N–H and O–H groups in total. The maximum absolute atomic E-state index is 11.2. The number of pyridine rings is 1. The second kappa shape index (κ2) is 5.88. The summed E-state index contributed by atoms with van der Waals surface area (Å²) in [5.41, 5.74) is 1.65. The number of rotatable bonds is 4. The average Bonchev–Trinajstić information content (AvgIpc) is 2.94. The van der Waals surface area contributed by atoms with Crippen molar-refractivity contribution in [3.63, 3.8) is 0 Å². The van der Waals surface area contributed by atoms with Gasteiger partial charge in [-0.3, -0.25) is 9.78 Å². The summed E-state index contributed by atoms with van der Waals surface area (Å²) in [5, 5.41) is 8.01. The molecule has 0 radical (unpaired) electrons. The van der Waals surface area contributed by atoms with Crippen LogP contribution >= 0.6 is 11.3 Å². The van der Waals surface area contributed by atoms with Crippen LogP contribution in [0.2, 0.25) is 0 Å². The van der Waals surface area contributed by atoms with Crippen LogP contribution in [0.25, 0.3) is 10.8 Å². The van der Waals surface area contributed by atoms with Gasteiger partial charge >= 0.3 is 5.97 Å². The van der Waals surface area contributed by atoms with E-state index in [9.17, 15) is 4.79 Å². The molecule has 0 fully saturated rings. The van der Waals surface area contributed by atoms with E-state index < -0.39 is 0 Å². The summed E-state index contributed by atoms with van der Waals surface area (Å²) in [4.78, 5) is 19.8. The van der Waals surface area contributed by atoms with E-state index in [1.165, 1.54) is 18.4 Å². The summed E-state index contributed by atoms with van der Waals surface area (Å²) in [6, 6.07) is 7.96. The molecule has 0 atom stereocenters. The maximum atomic E-state index is 11.2. The van der Waals surface area contributed by atoms with Crippen LogP contribution in [0.15, 0.2) is 42.0 Å². The highest BCUT2D eigenvalue weighted by atomic mass is 32.1. The molecule has 0 aliphatic rings. The van der Waals surface area contributed by atoms with E-state index in [1.807, 2.05) is 35.8 Å². The standard InChI is InChI=1S/C15H13N3O2S/c1-20-14(19)7-11-9-21-15(17-11)18-13-4-2-3-10-5-6-16-8-12(10)13/h2-6,8-9H,7H2,1H3,(H,17,18). The number of anilines is 2. The highest BCUT2D eigenvalue weighted by Crippen LogP contribution is 2.27. The monoisotopic (exact) mass is 299 g/mol. The Kier molecular flexibility index (Phi) is 3.79. The predicted molar refractivity (Wildman–Crippen MR) is 82.9 cm³/mol. The fourth-order valence-corrected chi connectivity index (χ4v) is 2.73.